The number of aromatic nitrogens is 2. The van der Waals surface area contributed by atoms with Crippen molar-refractivity contribution in [2.75, 3.05) is 44.7 Å². The Bertz CT molecular complexity index is 1160. The monoisotopic (exact) mass is 457 g/mol. The second-order valence-corrected chi connectivity index (χ2v) is 9.19. The van der Waals surface area contributed by atoms with E-state index in [0.717, 1.165) is 60.3 Å². The van der Waals surface area contributed by atoms with Gasteiger partial charge >= 0.3 is 0 Å². The molecule has 1 saturated heterocycles. The summed E-state index contributed by atoms with van der Waals surface area (Å²) in [6.07, 6.45) is 1.09. The Morgan fingerprint density at radius 1 is 0.971 bits per heavy atom. The van der Waals surface area contributed by atoms with Crippen molar-refractivity contribution >= 4 is 11.9 Å². The average Bonchev–Trinajstić information content (AvgIpc) is 2.85. The number of amides is 1. The van der Waals surface area contributed by atoms with Crippen LogP contribution in [0.2, 0.25) is 0 Å². The molecule has 0 radical (unpaired) electrons. The van der Waals surface area contributed by atoms with Gasteiger partial charge in [-0.15, -0.1) is 0 Å². The number of aryl methyl sites for hydroxylation is 1. The minimum atomic E-state index is 0.112. The number of rotatable bonds is 5. The molecule has 1 amide bonds. The molecular formula is C27H31N5O2. The zero-order chi connectivity index (χ0) is 23.5. The maximum absolute atomic E-state index is 13.1. The lowest BCUT2D eigenvalue weighted by Crippen LogP contribution is -2.45. The first-order valence-electron chi connectivity index (χ1n) is 11.9. The van der Waals surface area contributed by atoms with Gasteiger partial charge in [0.2, 0.25) is 17.7 Å². The van der Waals surface area contributed by atoms with Gasteiger partial charge in [-0.3, -0.25) is 4.79 Å². The van der Waals surface area contributed by atoms with E-state index in [1.807, 2.05) is 66.4 Å². The fraction of sp³-hybridized carbons (Fsp3) is 0.370. The molecule has 0 unspecified atom stereocenters. The SMILES string of the molecule is Cc1cccc(Oc2nc(N3CCN(C)CC3)nc3c2CN(C(=O)Cc2ccccc2)CC3)c1. The Hall–Kier alpha value is -3.45. The van der Waals surface area contributed by atoms with E-state index in [1.165, 1.54) is 0 Å². The van der Waals surface area contributed by atoms with Gasteiger partial charge in [0.15, 0.2) is 0 Å². The molecule has 7 nitrogen and oxygen atoms in total. The minimum Gasteiger partial charge on any atom is -0.438 e. The predicted molar refractivity (Wildman–Crippen MR) is 132 cm³/mol. The van der Waals surface area contributed by atoms with E-state index in [-0.39, 0.29) is 5.91 Å². The highest BCUT2D eigenvalue weighted by atomic mass is 16.5. The summed E-state index contributed by atoms with van der Waals surface area (Å²) >= 11 is 0. The summed E-state index contributed by atoms with van der Waals surface area (Å²) in [7, 11) is 2.14. The maximum atomic E-state index is 13.1. The number of carbonyl (C=O) groups is 1. The number of anilines is 1. The number of fused-ring (bicyclic) bond motifs is 1. The quantitative estimate of drug-likeness (QED) is 0.585. The van der Waals surface area contributed by atoms with Crippen LogP contribution in [0.1, 0.15) is 22.4 Å². The van der Waals surface area contributed by atoms with Crippen LogP contribution in [0, 0.1) is 6.92 Å². The molecule has 0 atom stereocenters. The van der Waals surface area contributed by atoms with Crippen LogP contribution in [0.4, 0.5) is 5.95 Å². The largest absolute Gasteiger partial charge is 0.438 e. The van der Waals surface area contributed by atoms with Crippen molar-refractivity contribution in [3.05, 3.63) is 77.0 Å². The number of ether oxygens (including phenoxy) is 1. The molecule has 2 aliphatic heterocycles. The summed E-state index contributed by atoms with van der Waals surface area (Å²) in [6, 6.07) is 17.9. The van der Waals surface area contributed by atoms with Gasteiger partial charge in [0, 0.05) is 39.1 Å². The van der Waals surface area contributed by atoms with Crippen LogP contribution in [0.3, 0.4) is 0 Å². The Labute approximate surface area is 201 Å². The molecule has 2 aliphatic rings. The summed E-state index contributed by atoms with van der Waals surface area (Å²) in [5.41, 5.74) is 4.04. The summed E-state index contributed by atoms with van der Waals surface area (Å²) in [5.74, 6) is 2.14. The third-order valence-electron chi connectivity index (χ3n) is 6.55. The molecule has 5 rings (SSSR count). The zero-order valence-electron chi connectivity index (χ0n) is 19.9. The Balaban J connectivity index is 1.43. The highest BCUT2D eigenvalue weighted by Crippen LogP contribution is 2.32. The Morgan fingerprint density at radius 2 is 1.76 bits per heavy atom. The molecule has 176 valence electrons. The van der Waals surface area contributed by atoms with Crippen LogP contribution < -0.4 is 9.64 Å². The first kappa shape index (κ1) is 22.3. The molecule has 0 bridgehead atoms. The van der Waals surface area contributed by atoms with E-state index in [4.69, 9.17) is 14.7 Å². The van der Waals surface area contributed by atoms with Crippen molar-refractivity contribution in [3.63, 3.8) is 0 Å². The summed E-state index contributed by atoms with van der Waals surface area (Å²) in [4.78, 5) is 29.3. The molecule has 0 N–H and O–H groups in total. The number of piperazine rings is 1. The third-order valence-corrected chi connectivity index (χ3v) is 6.55. The van der Waals surface area contributed by atoms with Gasteiger partial charge in [0.25, 0.3) is 0 Å². The Kier molecular flexibility index (Phi) is 6.45. The lowest BCUT2D eigenvalue weighted by Gasteiger charge is -2.34. The highest BCUT2D eigenvalue weighted by Gasteiger charge is 2.28. The van der Waals surface area contributed by atoms with E-state index in [9.17, 15) is 4.79 Å². The predicted octanol–water partition coefficient (Wildman–Crippen LogP) is 3.46. The number of nitrogens with zero attached hydrogens (tertiary/aromatic N) is 5. The standard InChI is InChI=1S/C27H31N5O2/c1-20-7-6-10-22(17-20)34-26-23-19-32(25(33)18-21-8-4-3-5-9-21)12-11-24(23)28-27(29-26)31-15-13-30(2)14-16-31/h3-10,17H,11-16,18-19H2,1-2H3. The lowest BCUT2D eigenvalue weighted by atomic mass is 10.0. The first-order valence-corrected chi connectivity index (χ1v) is 11.9. The van der Waals surface area contributed by atoms with Gasteiger partial charge in [-0.1, -0.05) is 42.5 Å². The minimum absolute atomic E-state index is 0.112. The molecule has 0 saturated carbocycles. The molecule has 2 aromatic carbocycles. The summed E-state index contributed by atoms with van der Waals surface area (Å²) < 4.78 is 6.33. The van der Waals surface area contributed by atoms with Gasteiger partial charge in [-0.2, -0.15) is 4.98 Å². The van der Waals surface area contributed by atoms with Crippen molar-refractivity contribution in [1.29, 1.82) is 0 Å². The van der Waals surface area contributed by atoms with Crippen molar-refractivity contribution < 1.29 is 9.53 Å². The van der Waals surface area contributed by atoms with Crippen molar-refractivity contribution in [3.8, 4) is 11.6 Å². The second kappa shape index (κ2) is 9.81. The van der Waals surface area contributed by atoms with Crippen LogP contribution in [-0.4, -0.2) is 65.4 Å². The number of benzene rings is 2. The normalized spacial score (nSPS) is 16.3. The fourth-order valence-corrected chi connectivity index (χ4v) is 4.49. The van der Waals surface area contributed by atoms with E-state index < -0.39 is 0 Å². The summed E-state index contributed by atoms with van der Waals surface area (Å²) in [6.45, 7) is 6.91. The first-order chi connectivity index (χ1) is 16.5. The van der Waals surface area contributed by atoms with Crippen LogP contribution in [0.25, 0.3) is 0 Å². The van der Waals surface area contributed by atoms with Gasteiger partial charge in [-0.25, -0.2) is 4.98 Å². The summed E-state index contributed by atoms with van der Waals surface area (Å²) in [5, 5.41) is 0. The number of hydrogen-bond donors (Lipinski definition) is 0. The van der Waals surface area contributed by atoms with Crippen LogP contribution in [0.5, 0.6) is 11.6 Å². The third kappa shape index (κ3) is 5.04. The highest BCUT2D eigenvalue weighted by molar-refractivity contribution is 5.79. The average molecular weight is 458 g/mol. The smallest absolute Gasteiger partial charge is 0.229 e. The van der Waals surface area contributed by atoms with Crippen LogP contribution in [-0.2, 0) is 24.2 Å². The van der Waals surface area contributed by atoms with Crippen LogP contribution in [0.15, 0.2) is 54.6 Å². The van der Waals surface area contributed by atoms with Gasteiger partial charge < -0.3 is 19.4 Å². The molecule has 0 aliphatic carbocycles. The van der Waals surface area contributed by atoms with Crippen molar-refractivity contribution in [2.45, 2.75) is 26.3 Å². The van der Waals surface area contributed by atoms with E-state index in [1.54, 1.807) is 0 Å². The van der Waals surface area contributed by atoms with Gasteiger partial charge in [0.1, 0.15) is 5.75 Å². The molecule has 34 heavy (non-hydrogen) atoms. The molecular weight excluding hydrogens is 426 g/mol. The molecule has 1 fully saturated rings. The van der Waals surface area contributed by atoms with Crippen LogP contribution >= 0.6 is 0 Å². The van der Waals surface area contributed by atoms with Gasteiger partial charge in [0.05, 0.1) is 24.2 Å². The fourth-order valence-electron chi connectivity index (χ4n) is 4.49. The molecule has 0 spiro atoms. The lowest BCUT2D eigenvalue weighted by molar-refractivity contribution is -0.131. The molecule has 1 aromatic heterocycles. The molecule has 3 heterocycles. The number of likely N-dealkylation sites (N-methyl/N-ethyl adjacent to an activating group) is 1. The Morgan fingerprint density at radius 3 is 2.53 bits per heavy atom. The maximum Gasteiger partial charge on any atom is 0.229 e. The van der Waals surface area contributed by atoms with E-state index >= 15 is 0 Å². The van der Waals surface area contributed by atoms with Crippen molar-refractivity contribution in [1.82, 2.24) is 19.8 Å². The van der Waals surface area contributed by atoms with E-state index in [2.05, 4.69) is 16.8 Å². The van der Waals surface area contributed by atoms with E-state index in [0.29, 0.717) is 31.8 Å². The molecule has 3 aromatic rings. The zero-order valence-corrected chi connectivity index (χ0v) is 19.9. The number of hydrogen-bond acceptors (Lipinski definition) is 6. The molecule has 7 heteroatoms. The van der Waals surface area contributed by atoms with Crippen molar-refractivity contribution in [2.24, 2.45) is 0 Å². The topological polar surface area (TPSA) is 61.8 Å². The van der Waals surface area contributed by atoms with Gasteiger partial charge in [-0.05, 0) is 37.2 Å². The number of carbonyl (C=O) groups excluding carboxylic acids is 1. The second-order valence-electron chi connectivity index (χ2n) is 9.19.